The summed E-state index contributed by atoms with van der Waals surface area (Å²) < 4.78 is 21.5. The molecule has 0 atom stereocenters. The molecule has 2 N–H and O–H groups in total. The van der Waals surface area contributed by atoms with Gasteiger partial charge in [-0.25, -0.2) is 0 Å². The second kappa shape index (κ2) is 12.0. The first-order chi connectivity index (χ1) is 9.84. The lowest BCUT2D eigenvalue weighted by Crippen LogP contribution is -2.13. The average Bonchev–Trinajstić information content (AvgIpc) is 2.46. The van der Waals surface area contributed by atoms with Crippen LogP contribution in [0.5, 0.6) is 5.75 Å². The molecule has 1 aromatic carbocycles. The largest absolute Gasteiger partial charge is 0.489 e. The van der Waals surface area contributed by atoms with Gasteiger partial charge in [-0.05, 0) is 12.1 Å². The molecule has 1 rings (SSSR count). The number of hydrogen-bond donors (Lipinski definition) is 1. The van der Waals surface area contributed by atoms with Crippen molar-refractivity contribution in [1.29, 1.82) is 0 Å². The Labute approximate surface area is 128 Å². The zero-order valence-electron chi connectivity index (χ0n) is 11.6. The van der Waals surface area contributed by atoms with Gasteiger partial charge in [-0.1, -0.05) is 28.1 Å². The van der Waals surface area contributed by atoms with E-state index in [4.69, 9.17) is 24.7 Å². The van der Waals surface area contributed by atoms with E-state index in [0.717, 1.165) is 5.33 Å². The highest BCUT2D eigenvalue weighted by molar-refractivity contribution is 9.09. The highest BCUT2D eigenvalue weighted by Crippen LogP contribution is 2.19. The topological polar surface area (TPSA) is 62.9 Å². The summed E-state index contributed by atoms with van der Waals surface area (Å²) in [5.41, 5.74) is 6.39. The van der Waals surface area contributed by atoms with Crippen LogP contribution < -0.4 is 10.5 Å². The second-order valence-electron chi connectivity index (χ2n) is 3.91. The first kappa shape index (κ1) is 17.2. The third kappa shape index (κ3) is 8.37. The molecule has 0 aromatic heterocycles. The highest BCUT2D eigenvalue weighted by Gasteiger charge is 1.98. The number of rotatable bonds is 12. The average molecular weight is 348 g/mol. The minimum absolute atomic E-state index is 0.475. The zero-order valence-corrected chi connectivity index (χ0v) is 13.1. The lowest BCUT2D eigenvalue weighted by atomic mass is 10.3. The molecule has 0 fully saturated rings. The van der Waals surface area contributed by atoms with Gasteiger partial charge in [0.05, 0.1) is 45.3 Å². The number of para-hydroxylation sites is 2. The molecule has 0 aliphatic heterocycles. The molecule has 20 heavy (non-hydrogen) atoms. The van der Waals surface area contributed by atoms with Gasteiger partial charge in [0.25, 0.3) is 0 Å². The van der Waals surface area contributed by atoms with Gasteiger partial charge in [0.1, 0.15) is 12.4 Å². The third-order valence-electron chi connectivity index (χ3n) is 2.37. The van der Waals surface area contributed by atoms with Crippen molar-refractivity contribution < 1.29 is 18.9 Å². The first-order valence-corrected chi connectivity index (χ1v) is 7.73. The molecule has 0 aliphatic rings. The molecular weight excluding hydrogens is 326 g/mol. The number of hydrogen-bond acceptors (Lipinski definition) is 5. The lowest BCUT2D eigenvalue weighted by Gasteiger charge is -2.09. The van der Waals surface area contributed by atoms with E-state index < -0.39 is 0 Å². The smallest absolute Gasteiger partial charge is 0.142 e. The number of nitrogen functional groups attached to an aromatic ring is 1. The molecule has 5 nitrogen and oxygen atoms in total. The Morgan fingerprint density at radius 2 is 1.35 bits per heavy atom. The fourth-order valence-electron chi connectivity index (χ4n) is 1.42. The van der Waals surface area contributed by atoms with Crippen LogP contribution in [-0.2, 0) is 14.2 Å². The molecule has 0 saturated heterocycles. The predicted octanol–water partition coefficient (Wildman–Crippen LogP) is 2.09. The van der Waals surface area contributed by atoms with Crippen molar-refractivity contribution >= 4 is 21.6 Å². The number of nitrogens with two attached hydrogens (primary N) is 1. The number of anilines is 1. The number of benzene rings is 1. The van der Waals surface area contributed by atoms with Gasteiger partial charge < -0.3 is 24.7 Å². The van der Waals surface area contributed by atoms with Gasteiger partial charge in [0.2, 0.25) is 0 Å². The fourth-order valence-corrected chi connectivity index (χ4v) is 1.65. The van der Waals surface area contributed by atoms with Crippen LogP contribution >= 0.6 is 15.9 Å². The summed E-state index contributed by atoms with van der Waals surface area (Å²) >= 11 is 3.28. The maximum Gasteiger partial charge on any atom is 0.142 e. The van der Waals surface area contributed by atoms with E-state index in [9.17, 15) is 0 Å². The minimum Gasteiger partial charge on any atom is -0.489 e. The summed E-state index contributed by atoms with van der Waals surface area (Å²) in [7, 11) is 0. The number of alkyl halides is 1. The maximum absolute atomic E-state index is 5.75. The summed E-state index contributed by atoms with van der Waals surface area (Å²) in [5, 5.41) is 0.849. The molecule has 114 valence electrons. The predicted molar refractivity (Wildman–Crippen MR) is 82.6 cm³/mol. The van der Waals surface area contributed by atoms with Crippen molar-refractivity contribution in [3.63, 3.8) is 0 Å². The Morgan fingerprint density at radius 3 is 1.95 bits per heavy atom. The molecule has 0 aliphatic carbocycles. The van der Waals surface area contributed by atoms with Gasteiger partial charge in [-0.2, -0.15) is 0 Å². The van der Waals surface area contributed by atoms with E-state index in [2.05, 4.69) is 15.9 Å². The van der Waals surface area contributed by atoms with Crippen molar-refractivity contribution in [2.45, 2.75) is 0 Å². The highest BCUT2D eigenvalue weighted by atomic mass is 79.9. The van der Waals surface area contributed by atoms with Crippen molar-refractivity contribution in [3.8, 4) is 5.75 Å². The summed E-state index contributed by atoms with van der Waals surface area (Å²) in [5.74, 6) is 0.691. The van der Waals surface area contributed by atoms with E-state index in [-0.39, 0.29) is 0 Å². The summed E-state index contributed by atoms with van der Waals surface area (Å²) in [6, 6.07) is 7.41. The van der Waals surface area contributed by atoms with Gasteiger partial charge >= 0.3 is 0 Å². The Bertz CT molecular complexity index is 352. The standard InChI is InChI=1S/C14H22BrNO4/c15-5-6-17-7-8-18-9-10-19-11-12-20-14-4-2-1-3-13(14)16/h1-4H,5-12,16H2. The molecule has 0 spiro atoms. The van der Waals surface area contributed by atoms with Crippen molar-refractivity contribution in [2.75, 3.05) is 57.3 Å². The fraction of sp³-hybridized carbons (Fsp3) is 0.571. The summed E-state index contributed by atoms with van der Waals surface area (Å²) in [6.07, 6.45) is 0. The van der Waals surface area contributed by atoms with Crippen LogP contribution in [0.4, 0.5) is 5.69 Å². The molecule has 0 unspecified atom stereocenters. The zero-order chi connectivity index (χ0) is 14.5. The Hall–Kier alpha value is -0.820. The van der Waals surface area contributed by atoms with Crippen LogP contribution in [0.2, 0.25) is 0 Å². The van der Waals surface area contributed by atoms with E-state index in [0.29, 0.717) is 57.7 Å². The quantitative estimate of drug-likeness (QED) is 0.356. The van der Waals surface area contributed by atoms with Crippen molar-refractivity contribution in [2.24, 2.45) is 0 Å². The van der Waals surface area contributed by atoms with Crippen LogP contribution in [0.1, 0.15) is 0 Å². The third-order valence-corrected chi connectivity index (χ3v) is 2.69. The molecule has 0 saturated carbocycles. The molecular formula is C14H22BrNO4. The lowest BCUT2D eigenvalue weighted by molar-refractivity contribution is 0.0119. The summed E-state index contributed by atoms with van der Waals surface area (Å²) in [6.45, 7) is 4.01. The molecule has 0 amide bonds. The summed E-state index contributed by atoms with van der Waals surface area (Å²) in [4.78, 5) is 0. The van der Waals surface area contributed by atoms with Crippen molar-refractivity contribution in [3.05, 3.63) is 24.3 Å². The SMILES string of the molecule is Nc1ccccc1OCCOCCOCCOCCBr. The Balaban J connectivity index is 1.87. The Morgan fingerprint density at radius 1 is 0.800 bits per heavy atom. The minimum atomic E-state index is 0.475. The number of ether oxygens (including phenoxy) is 4. The molecule has 1 aromatic rings. The second-order valence-corrected chi connectivity index (χ2v) is 4.71. The van der Waals surface area contributed by atoms with E-state index >= 15 is 0 Å². The normalized spacial score (nSPS) is 10.7. The Kier molecular flexibility index (Phi) is 10.3. The number of halogens is 1. The monoisotopic (exact) mass is 347 g/mol. The first-order valence-electron chi connectivity index (χ1n) is 6.61. The molecule has 0 heterocycles. The van der Waals surface area contributed by atoms with Gasteiger partial charge in [-0.15, -0.1) is 0 Å². The van der Waals surface area contributed by atoms with E-state index in [1.165, 1.54) is 0 Å². The maximum atomic E-state index is 5.75. The van der Waals surface area contributed by atoms with Crippen LogP contribution in [0.15, 0.2) is 24.3 Å². The van der Waals surface area contributed by atoms with Gasteiger partial charge in [0.15, 0.2) is 0 Å². The van der Waals surface area contributed by atoms with Gasteiger partial charge in [-0.3, -0.25) is 0 Å². The molecule has 6 heteroatoms. The van der Waals surface area contributed by atoms with E-state index in [1.54, 1.807) is 0 Å². The van der Waals surface area contributed by atoms with Gasteiger partial charge in [0, 0.05) is 5.33 Å². The van der Waals surface area contributed by atoms with Crippen LogP contribution in [0, 0.1) is 0 Å². The molecule has 0 radical (unpaired) electrons. The van der Waals surface area contributed by atoms with Crippen LogP contribution in [0.25, 0.3) is 0 Å². The van der Waals surface area contributed by atoms with Crippen LogP contribution in [0.3, 0.4) is 0 Å². The molecule has 0 bridgehead atoms. The van der Waals surface area contributed by atoms with E-state index in [1.807, 2.05) is 24.3 Å². The van der Waals surface area contributed by atoms with Crippen LogP contribution in [-0.4, -0.2) is 51.6 Å². The van der Waals surface area contributed by atoms with Crippen molar-refractivity contribution in [1.82, 2.24) is 0 Å².